The van der Waals surface area contributed by atoms with Crippen LogP contribution in [0.5, 0.6) is 0 Å². The predicted octanol–water partition coefficient (Wildman–Crippen LogP) is 3.01. The number of carbonyl (C=O) groups excluding carboxylic acids is 1. The summed E-state index contributed by atoms with van der Waals surface area (Å²) in [4.78, 5) is 34.4. The van der Waals surface area contributed by atoms with E-state index in [-0.39, 0.29) is 18.8 Å². The standard InChI is InChI=1S/C21H25N5O5/c1-3-26-18-16(12-31-21(26)29)8-22-19(24-18)23-13(2)15-6-4-14(5-7-15)11-30-17-9-25(10-17)20(27)28/h4-8,13,17H,3,9-12H2,1-2H3,(H,27,28)(H,22,23,24). The summed E-state index contributed by atoms with van der Waals surface area (Å²) in [5.74, 6) is 1.02. The Balaban J connectivity index is 1.34. The molecule has 10 nitrogen and oxygen atoms in total. The number of hydrogen-bond donors (Lipinski definition) is 2. The van der Waals surface area contributed by atoms with Gasteiger partial charge in [-0.25, -0.2) is 14.6 Å². The van der Waals surface area contributed by atoms with Crippen molar-refractivity contribution < 1.29 is 24.2 Å². The summed E-state index contributed by atoms with van der Waals surface area (Å²) in [5, 5.41) is 12.1. The Morgan fingerprint density at radius 2 is 2.10 bits per heavy atom. The lowest BCUT2D eigenvalue weighted by molar-refractivity contribution is -0.0522. The number of aromatic nitrogens is 2. The number of benzene rings is 1. The van der Waals surface area contributed by atoms with E-state index >= 15 is 0 Å². The molecule has 10 heteroatoms. The van der Waals surface area contributed by atoms with E-state index in [1.165, 1.54) is 9.80 Å². The van der Waals surface area contributed by atoms with E-state index in [9.17, 15) is 9.59 Å². The van der Waals surface area contributed by atoms with Gasteiger partial charge in [0, 0.05) is 12.7 Å². The molecule has 1 saturated heterocycles. The van der Waals surface area contributed by atoms with E-state index in [1.807, 2.05) is 38.1 Å². The van der Waals surface area contributed by atoms with Crippen LogP contribution in [0.25, 0.3) is 0 Å². The molecule has 31 heavy (non-hydrogen) atoms. The molecule has 4 rings (SSSR count). The van der Waals surface area contributed by atoms with Gasteiger partial charge in [-0.1, -0.05) is 24.3 Å². The van der Waals surface area contributed by atoms with Crippen LogP contribution in [0, 0.1) is 0 Å². The molecular formula is C21H25N5O5. The summed E-state index contributed by atoms with van der Waals surface area (Å²) < 4.78 is 10.9. The van der Waals surface area contributed by atoms with Gasteiger partial charge >= 0.3 is 12.2 Å². The third-order valence-electron chi connectivity index (χ3n) is 5.41. The first-order chi connectivity index (χ1) is 14.9. The highest BCUT2D eigenvalue weighted by Crippen LogP contribution is 2.26. The predicted molar refractivity (Wildman–Crippen MR) is 112 cm³/mol. The quantitative estimate of drug-likeness (QED) is 0.693. The average Bonchev–Trinajstić information content (AvgIpc) is 2.72. The van der Waals surface area contributed by atoms with Gasteiger partial charge in [-0.15, -0.1) is 0 Å². The van der Waals surface area contributed by atoms with Gasteiger partial charge in [-0.3, -0.25) is 4.90 Å². The molecule has 1 atom stereocenters. The first kappa shape index (κ1) is 20.9. The van der Waals surface area contributed by atoms with Gasteiger partial charge in [-0.05, 0) is 25.0 Å². The van der Waals surface area contributed by atoms with Crippen molar-refractivity contribution >= 4 is 24.0 Å². The van der Waals surface area contributed by atoms with E-state index < -0.39 is 12.2 Å². The molecule has 3 heterocycles. The third-order valence-corrected chi connectivity index (χ3v) is 5.41. The van der Waals surface area contributed by atoms with Crippen LogP contribution in [0.3, 0.4) is 0 Å². The molecule has 0 spiro atoms. The summed E-state index contributed by atoms with van der Waals surface area (Å²) in [5.41, 5.74) is 2.85. The summed E-state index contributed by atoms with van der Waals surface area (Å²) in [6, 6.07) is 7.95. The molecule has 0 saturated carbocycles. The highest BCUT2D eigenvalue weighted by molar-refractivity contribution is 5.89. The van der Waals surface area contributed by atoms with Gasteiger partial charge in [0.2, 0.25) is 5.95 Å². The largest absolute Gasteiger partial charge is 0.465 e. The molecule has 1 aromatic carbocycles. The first-order valence-corrected chi connectivity index (χ1v) is 10.2. The molecule has 2 aliphatic rings. The summed E-state index contributed by atoms with van der Waals surface area (Å²) in [6.07, 6.45) is 0.329. The number of likely N-dealkylation sites (tertiary alicyclic amines) is 1. The Morgan fingerprint density at radius 1 is 1.35 bits per heavy atom. The zero-order valence-electron chi connectivity index (χ0n) is 17.4. The highest BCUT2D eigenvalue weighted by atomic mass is 16.6. The lowest BCUT2D eigenvalue weighted by Gasteiger charge is -2.36. The lowest BCUT2D eigenvalue weighted by atomic mass is 10.1. The molecule has 1 aromatic heterocycles. The number of carbonyl (C=O) groups is 2. The van der Waals surface area contributed by atoms with Crippen LogP contribution < -0.4 is 10.2 Å². The third kappa shape index (κ3) is 4.53. The van der Waals surface area contributed by atoms with Crippen molar-refractivity contribution in [2.45, 2.75) is 39.2 Å². The Morgan fingerprint density at radius 3 is 2.77 bits per heavy atom. The van der Waals surface area contributed by atoms with Crippen LogP contribution in [0.2, 0.25) is 0 Å². The normalized spacial score (nSPS) is 16.9. The Kier molecular flexibility index (Phi) is 5.90. The molecule has 1 fully saturated rings. The maximum absolute atomic E-state index is 11.9. The minimum absolute atomic E-state index is 0.0440. The van der Waals surface area contributed by atoms with Gasteiger partial charge in [0.05, 0.1) is 37.4 Å². The first-order valence-electron chi connectivity index (χ1n) is 10.2. The molecule has 2 amide bonds. The van der Waals surface area contributed by atoms with Crippen molar-refractivity contribution in [1.29, 1.82) is 0 Å². The van der Waals surface area contributed by atoms with E-state index in [0.717, 1.165) is 16.7 Å². The molecule has 1 unspecified atom stereocenters. The van der Waals surface area contributed by atoms with Gasteiger partial charge in [0.15, 0.2) is 0 Å². The van der Waals surface area contributed by atoms with Crippen LogP contribution >= 0.6 is 0 Å². The zero-order valence-corrected chi connectivity index (χ0v) is 17.4. The molecule has 2 N–H and O–H groups in total. The molecule has 0 radical (unpaired) electrons. The average molecular weight is 427 g/mol. The van der Waals surface area contributed by atoms with Gasteiger partial charge in [0.1, 0.15) is 12.4 Å². The van der Waals surface area contributed by atoms with Crippen LogP contribution in [-0.4, -0.2) is 57.9 Å². The summed E-state index contributed by atoms with van der Waals surface area (Å²) >= 11 is 0. The second-order valence-electron chi connectivity index (χ2n) is 7.57. The Hall–Kier alpha value is -3.40. The van der Waals surface area contributed by atoms with Crippen molar-refractivity contribution in [1.82, 2.24) is 14.9 Å². The van der Waals surface area contributed by atoms with Gasteiger partial charge < -0.3 is 24.8 Å². The van der Waals surface area contributed by atoms with Crippen LogP contribution in [-0.2, 0) is 22.7 Å². The van der Waals surface area contributed by atoms with Crippen molar-refractivity contribution in [3.05, 3.63) is 47.2 Å². The van der Waals surface area contributed by atoms with Gasteiger partial charge in [0.25, 0.3) is 0 Å². The molecule has 2 aliphatic heterocycles. The smallest absolute Gasteiger partial charge is 0.415 e. The minimum Gasteiger partial charge on any atom is -0.465 e. The number of hydrogen-bond acceptors (Lipinski definition) is 7. The van der Waals surface area contributed by atoms with E-state index in [0.29, 0.717) is 38.0 Å². The fraction of sp³-hybridized carbons (Fsp3) is 0.429. The second kappa shape index (κ2) is 8.76. The topological polar surface area (TPSA) is 117 Å². The molecule has 164 valence electrons. The Labute approximate surface area is 179 Å². The maximum Gasteiger partial charge on any atom is 0.415 e. The maximum atomic E-state index is 11.9. The lowest BCUT2D eigenvalue weighted by Crippen LogP contribution is -2.54. The molecular weight excluding hydrogens is 402 g/mol. The summed E-state index contributed by atoms with van der Waals surface area (Å²) in [6.45, 7) is 5.80. The van der Waals surface area contributed by atoms with Crippen LogP contribution in [0.1, 0.15) is 36.6 Å². The fourth-order valence-corrected chi connectivity index (χ4v) is 3.48. The highest BCUT2D eigenvalue weighted by Gasteiger charge is 2.31. The number of nitrogens with zero attached hydrogens (tertiary/aromatic N) is 4. The second-order valence-corrected chi connectivity index (χ2v) is 7.57. The number of carboxylic acid groups (broad SMARTS) is 1. The molecule has 2 aromatic rings. The number of anilines is 2. The van der Waals surface area contributed by atoms with Crippen LogP contribution in [0.4, 0.5) is 21.4 Å². The van der Waals surface area contributed by atoms with E-state index in [2.05, 4.69) is 15.3 Å². The van der Waals surface area contributed by atoms with Crippen molar-refractivity contribution in [3.63, 3.8) is 0 Å². The van der Waals surface area contributed by atoms with Gasteiger partial charge in [-0.2, -0.15) is 4.98 Å². The number of ether oxygens (including phenoxy) is 2. The van der Waals surface area contributed by atoms with Crippen molar-refractivity contribution in [3.8, 4) is 0 Å². The Bertz CT molecular complexity index is 961. The number of nitrogens with one attached hydrogen (secondary N) is 1. The summed E-state index contributed by atoms with van der Waals surface area (Å²) in [7, 11) is 0. The number of cyclic esters (lactones) is 1. The van der Waals surface area contributed by atoms with Crippen LogP contribution in [0.15, 0.2) is 30.5 Å². The zero-order chi connectivity index (χ0) is 22.0. The molecule has 0 bridgehead atoms. The van der Waals surface area contributed by atoms with Crippen molar-refractivity contribution in [2.24, 2.45) is 0 Å². The molecule has 0 aliphatic carbocycles. The van der Waals surface area contributed by atoms with Crippen molar-refractivity contribution in [2.75, 3.05) is 29.9 Å². The monoisotopic (exact) mass is 427 g/mol. The van der Waals surface area contributed by atoms with E-state index in [1.54, 1.807) is 6.20 Å². The number of rotatable bonds is 7. The minimum atomic E-state index is -0.907. The fourth-order valence-electron chi connectivity index (χ4n) is 3.48. The number of fused-ring (bicyclic) bond motifs is 1. The SMILES string of the molecule is CCN1C(=O)OCc2cnc(NC(C)c3ccc(COC4CN(C(=O)O)C4)cc3)nc21. The van der Waals surface area contributed by atoms with E-state index in [4.69, 9.17) is 14.6 Å². The number of amides is 2.